The number of methoxy groups -OCH3 is 1. The number of hydrogen-bond donors (Lipinski definition) is 0. The van der Waals surface area contributed by atoms with Crippen molar-refractivity contribution in [1.29, 1.82) is 0 Å². The van der Waals surface area contributed by atoms with Gasteiger partial charge in [-0.05, 0) is 59.1 Å². The van der Waals surface area contributed by atoms with Gasteiger partial charge in [0.1, 0.15) is 11.4 Å². The molecule has 0 aliphatic carbocycles. The Balaban J connectivity index is 1.54. The first-order valence-electron chi connectivity index (χ1n) is 19.3. The summed E-state index contributed by atoms with van der Waals surface area (Å²) in [4.78, 5) is 41.2. The number of carbonyl (C=O) groups excluding carboxylic acids is 1. The number of rotatable bonds is 14. The van der Waals surface area contributed by atoms with E-state index in [1.54, 1.807) is 30.3 Å². The summed E-state index contributed by atoms with van der Waals surface area (Å²) < 4.78 is 98.6. The summed E-state index contributed by atoms with van der Waals surface area (Å²) >= 11 is 0. The predicted molar refractivity (Wildman–Crippen MR) is 223 cm³/mol. The van der Waals surface area contributed by atoms with E-state index in [-0.39, 0.29) is 5.56 Å². The summed E-state index contributed by atoms with van der Waals surface area (Å²) in [5, 5.41) is -0.521. The van der Waals surface area contributed by atoms with Crippen molar-refractivity contribution in [3.63, 3.8) is 0 Å². The highest BCUT2D eigenvalue weighted by atomic mass is 32.2. The van der Waals surface area contributed by atoms with Crippen molar-refractivity contribution in [1.82, 2.24) is 9.13 Å². The molecule has 1 aromatic heterocycles. The Hall–Kier alpha value is -5.17. The van der Waals surface area contributed by atoms with Gasteiger partial charge in [-0.1, -0.05) is 112 Å². The highest BCUT2D eigenvalue weighted by Gasteiger charge is 2.54. The largest absolute Gasteiger partial charge is 0.523 e. The third kappa shape index (κ3) is 9.22. The quantitative estimate of drug-likeness (QED) is 0.0477. The van der Waals surface area contributed by atoms with E-state index in [9.17, 15) is 36.0 Å². The number of aromatic nitrogens is 2. The molecule has 17 heteroatoms. The second-order valence-electron chi connectivity index (χ2n) is 16.1. The van der Waals surface area contributed by atoms with Crippen molar-refractivity contribution in [2.75, 3.05) is 20.3 Å². The first kappa shape index (κ1) is 45.4. The fourth-order valence-electron chi connectivity index (χ4n) is 6.98. The normalized spacial score (nSPS) is 18.8. The molecule has 0 spiro atoms. The molecule has 1 aliphatic rings. The SMILES string of the molecule is COc1ccc(C(OC[C@H]2O[C@@H](n3ccc(=O)n(C(=O)c4ccccc4)c3=O)[C@H](O[Si](C)(C)C(C)(C)C)[C@@H]2COS(=O)(=O)C(F)(F)F)(c2ccccc2)c2ccccc2)cc1. The van der Waals surface area contributed by atoms with Gasteiger partial charge in [-0.2, -0.15) is 26.2 Å². The Morgan fingerprint density at radius 2 is 1.30 bits per heavy atom. The predicted octanol–water partition coefficient (Wildman–Crippen LogP) is 7.49. The van der Waals surface area contributed by atoms with E-state index in [4.69, 9.17) is 22.8 Å². The lowest BCUT2D eigenvalue weighted by Crippen LogP contribution is -2.50. The molecule has 12 nitrogen and oxygen atoms in total. The van der Waals surface area contributed by atoms with E-state index in [0.29, 0.717) is 27.0 Å². The second-order valence-corrected chi connectivity index (χ2v) is 22.4. The third-order valence-corrected chi connectivity index (χ3v) is 16.7. The zero-order valence-electron chi connectivity index (χ0n) is 34.4. The molecule has 6 rings (SSSR count). The summed E-state index contributed by atoms with van der Waals surface area (Å²) in [5.41, 5.74) is -7.27. The average Bonchev–Trinajstić information content (AvgIpc) is 3.56. The van der Waals surface area contributed by atoms with Crippen LogP contribution in [0.15, 0.2) is 137 Å². The van der Waals surface area contributed by atoms with Gasteiger partial charge in [0, 0.05) is 23.7 Å². The van der Waals surface area contributed by atoms with Crippen molar-refractivity contribution in [2.45, 2.75) is 68.4 Å². The topological polar surface area (TPSA) is 141 Å². The summed E-state index contributed by atoms with van der Waals surface area (Å²) in [6, 6.07) is 34.1. The van der Waals surface area contributed by atoms with Crippen LogP contribution in [0, 0.1) is 5.92 Å². The van der Waals surface area contributed by atoms with Crippen molar-refractivity contribution in [2.24, 2.45) is 5.92 Å². The number of hydrogen-bond acceptors (Lipinski definition) is 10. The van der Waals surface area contributed by atoms with Crippen LogP contribution in [-0.2, 0) is 33.8 Å². The van der Waals surface area contributed by atoms with E-state index >= 15 is 0 Å². The maximum atomic E-state index is 14.3. The van der Waals surface area contributed by atoms with E-state index in [0.717, 1.165) is 16.8 Å². The van der Waals surface area contributed by atoms with Crippen molar-refractivity contribution in [3.8, 4) is 5.75 Å². The van der Waals surface area contributed by atoms with Crippen LogP contribution in [0.2, 0.25) is 18.1 Å². The third-order valence-electron chi connectivity index (χ3n) is 11.3. The molecule has 5 aromatic rings. The molecule has 0 unspecified atom stereocenters. The fraction of sp³-hybridized carbons (Fsp3) is 0.341. The van der Waals surface area contributed by atoms with Gasteiger partial charge in [0.2, 0.25) is 0 Å². The molecule has 0 N–H and O–H groups in total. The molecule has 0 bridgehead atoms. The zero-order valence-corrected chi connectivity index (χ0v) is 36.2. The number of nitrogens with zero attached hydrogens (tertiary/aromatic N) is 2. The molecule has 4 atom stereocenters. The van der Waals surface area contributed by atoms with Gasteiger partial charge in [0.25, 0.3) is 11.5 Å². The summed E-state index contributed by atoms with van der Waals surface area (Å²) in [6.07, 6.45) is -3.13. The van der Waals surface area contributed by atoms with Crippen LogP contribution in [0.4, 0.5) is 13.2 Å². The fourth-order valence-corrected chi connectivity index (χ4v) is 8.77. The monoisotopic (exact) mass is 880 g/mol. The van der Waals surface area contributed by atoms with Gasteiger partial charge in [-0.15, -0.1) is 0 Å². The average molecular weight is 881 g/mol. The van der Waals surface area contributed by atoms with Crippen LogP contribution in [0.3, 0.4) is 0 Å². The molecule has 0 saturated carbocycles. The van der Waals surface area contributed by atoms with E-state index in [1.807, 2.05) is 107 Å². The number of ether oxygens (including phenoxy) is 3. The van der Waals surface area contributed by atoms with Gasteiger partial charge in [-0.3, -0.25) is 18.3 Å². The van der Waals surface area contributed by atoms with Crippen molar-refractivity contribution >= 4 is 24.3 Å². The maximum absolute atomic E-state index is 14.3. The molecule has 0 radical (unpaired) electrons. The van der Waals surface area contributed by atoms with Crippen LogP contribution >= 0.6 is 0 Å². The van der Waals surface area contributed by atoms with Gasteiger partial charge in [0.05, 0.1) is 32.5 Å². The maximum Gasteiger partial charge on any atom is 0.523 e. The number of halogens is 3. The lowest BCUT2D eigenvalue weighted by atomic mass is 9.80. The number of carbonyl (C=O) groups is 1. The number of alkyl halides is 3. The molecule has 2 heterocycles. The Bertz CT molecular complexity index is 2490. The van der Waals surface area contributed by atoms with Gasteiger partial charge < -0.3 is 18.6 Å². The summed E-state index contributed by atoms with van der Waals surface area (Å²) in [6.45, 7) is 7.94. The van der Waals surface area contributed by atoms with Crippen LogP contribution in [0.25, 0.3) is 0 Å². The smallest absolute Gasteiger partial charge is 0.497 e. The molecule has 1 saturated heterocycles. The van der Waals surface area contributed by atoms with Gasteiger partial charge in [-0.25, -0.2) is 4.79 Å². The van der Waals surface area contributed by atoms with Crippen LogP contribution < -0.4 is 16.0 Å². The van der Waals surface area contributed by atoms with E-state index in [1.165, 1.54) is 19.2 Å². The molecule has 324 valence electrons. The Kier molecular flexibility index (Phi) is 13.1. The summed E-state index contributed by atoms with van der Waals surface area (Å²) in [5.74, 6) is -1.73. The first-order chi connectivity index (χ1) is 28.7. The minimum absolute atomic E-state index is 0.0347. The number of benzene rings is 4. The van der Waals surface area contributed by atoms with Crippen LogP contribution in [0.1, 0.15) is 54.0 Å². The molecule has 4 aromatic carbocycles. The lowest BCUT2D eigenvalue weighted by molar-refractivity contribution is -0.0917. The van der Waals surface area contributed by atoms with Gasteiger partial charge in [0.15, 0.2) is 14.5 Å². The van der Waals surface area contributed by atoms with Crippen LogP contribution in [0.5, 0.6) is 5.75 Å². The van der Waals surface area contributed by atoms with E-state index < -0.39 is 89.3 Å². The minimum Gasteiger partial charge on any atom is -0.497 e. The minimum atomic E-state index is -6.14. The van der Waals surface area contributed by atoms with Crippen LogP contribution in [-0.4, -0.2) is 69.8 Å². The zero-order chi connectivity index (χ0) is 44.4. The van der Waals surface area contributed by atoms with Crippen molar-refractivity contribution < 1.29 is 49.2 Å². The Labute approximate surface area is 352 Å². The molecular formula is C44H47F3N2O10SSi. The van der Waals surface area contributed by atoms with Gasteiger partial charge >= 0.3 is 21.3 Å². The Morgan fingerprint density at radius 1 is 0.770 bits per heavy atom. The Morgan fingerprint density at radius 3 is 1.80 bits per heavy atom. The van der Waals surface area contributed by atoms with E-state index in [2.05, 4.69) is 0 Å². The molecule has 1 aliphatic heterocycles. The molecule has 61 heavy (non-hydrogen) atoms. The first-order valence-corrected chi connectivity index (χ1v) is 23.7. The molecule has 1 fully saturated rings. The summed E-state index contributed by atoms with van der Waals surface area (Å²) in [7, 11) is -7.59. The highest BCUT2D eigenvalue weighted by Crippen LogP contribution is 2.46. The highest BCUT2D eigenvalue weighted by molar-refractivity contribution is 7.87. The molecule has 0 amide bonds. The standard InChI is InChI=1S/C44H47F3N2O10SSi/c1-42(2,3)61(5,6)59-38-35(28-57-60(53,54)44(45,46)47)36(58-40(38)48-27-26-37(50)49(41(48)52)39(51)30-16-10-7-11-17-30)29-56-43(31-18-12-8-13-19-31,32-20-14-9-15-21-32)33-22-24-34(55-4)25-23-33/h7-27,35-36,38,40H,28-29H2,1-6H3/t35-,36-,38-,40-/m1/s1. The lowest BCUT2D eigenvalue weighted by Gasteiger charge is -2.41. The second kappa shape index (κ2) is 17.7. The van der Waals surface area contributed by atoms with Crippen molar-refractivity contribution in [3.05, 3.63) is 171 Å². The molecular weight excluding hydrogens is 834 g/mol.